The van der Waals surface area contributed by atoms with Crippen LogP contribution < -0.4 is 4.74 Å². The Morgan fingerprint density at radius 3 is 2.76 bits per heavy atom. The topological polar surface area (TPSA) is 75.2 Å². The van der Waals surface area contributed by atoms with Crippen molar-refractivity contribution in [3.05, 3.63) is 41.5 Å². The van der Waals surface area contributed by atoms with E-state index < -0.39 is 5.97 Å². The summed E-state index contributed by atoms with van der Waals surface area (Å²) in [5.74, 6) is 0.378. The number of nitrogens with zero attached hydrogens (tertiary/aromatic N) is 1. The van der Waals surface area contributed by atoms with Gasteiger partial charge >= 0.3 is 5.97 Å². The summed E-state index contributed by atoms with van der Waals surface area (Å²) in [7, 11) is 0. The average Bonchev–Trinajstić information content (AvgIpc) is 3.01. The third-order valence-electron chi connectivity index (χ3n) is 4.01. The van der Waals surface area contributed by atoms with Crippen molar-refractivity contribution in [1.82, 2.24) is 9.97 Å². The molecule has 6 heteroatoms. The second-order valence-electron chi connectivity index (χ2n) is 5.76. The lowest BCUT2D eigenvalue weighted by molar-refractivity contribution is 0.0697. The summed E-state index contributed by atoms with van der Waals surface area (Å²) >= 11 is 4.66. The number of nitrogens with one attached hydrogen (secondary N) is 1. The molecule has 0 fully saturated rings. The normalized spacial score (nSPS) is 11.0. The Morgan fingerprint density at radius 2 is 2.08 bits per heavy atom. The number of carbonyl (C=O) groups is 1. The largest absolute Gasteiger partial charge is 0.492 e. The molecule has 0 aliphatic heterocycles. The Labute approximate surface area is 151 Å². The predicted molar refractivity (Wildman–Crippen MR) is 101 cm³/mol. The van der Waals surface area contributed by atoms with Crippen LogP contribution in [0.3, 0.4) is 0 Å². The number of aromatic nitrogens is 2. The van der Waals surface area contributed by atoms with E-state index in [-0.39, 0.29) is 5.56 Å². The van der Waals surface area contributed by atoms with Crippen molar-refractivity contribution < 1.29 is 14.6 Å². The molecule has 2 N–H and O–H groups in total. The molecular weight excluding hydrogens is 336 g/mol. The fraction of sp³-hybridized carbons (Fsp3) is 0.263. The minimum atomic E-state index is -0.963. The van der Waals surface area contributed by atoms with Crippen LogP contribution in [0.1, 0.15) is 36.2 Å². The fourth-order valence-corrected chi connectivity index (χ4v) is 3.20. The van der Waals surface area contributed by atoms with Crippen molar-refractivity contribution in [3.63, 3.8) is 0 Å². The predicted octanol–water partition coefficient (Wildman–Crippen LogP) is 4.57. The zero-order valence-corrected chi connectivity index (χ0v) is 15.1. The summed E-state index contributed by atoms with van der Waals surface area (Å²) < 4.78 is 5.84. The lowest BCUT2D eigenvalue weighted by atomic mass is 10.1. The maximum Gasteiger partial charge on any atom is 0.335 e. The van der Waals surface area contributed by atoms with Gasteiger partial charge in [0.05, 0.1) is 33.7 Å². The molecule has 0 amide bonds. The van der Waals surface area contributed by atoms with E-state index in [1.54, 1.807) is 18.2 Å². The van der Waals surface area contributed by atoms with Gasteiger partial charge in [0, 0.05) is 0 Å². The van der Waals surface area contributed by atoms with Gasteiger partial charge in [-0.3, -0.25) is 0 Å². The van der Waals surface area contributed by atoms with Crippen molar-refractivity contribution in [2.75, 3.05) is 6.61 Å². The number of aryl methyl sites for hydroxylation is 1. The van der Waals surface area contributed by atoms with E-state index in [2.05, 4.69) is 29.5 Å². The van der Waals surface area contributed by atoms with Gasteiger partial charge in [-0.1, -0.05) is 19.4 Å². The number of H-pyrrole nitrogens is 1. The Hall–Kier alpha value is -2.47. The van der Waals surface area contributed by atoms with Crippen LogP contribution in [-0.2, 0) is 6.42 Å². The zero-order chi connectivity index (χ0) is 18.0. The maximum atomic E-state index is 11.1. The lowest BCUT2D eigenvalue weighted by Gasteiger charge is -2.14. The van der Waals surface area contributed by atoms with Gasteiger partial charge in [0.25, 0.3) is 0 Å². The number of aromatic amines is 1. The second kappa shape index (κ2) is 7.19. The Bertz CT molecular complexity index is 934. The molecule has 0 aliphatic rings. The molecule has 2 aromatic carbocycles. The minimum Gasteiger partial charge on any atom is -0.492 e. The Kier molecular flexibility index (Phi) is 4.99. The van der Waals surface area contributed by atoms with Crippen LogP contribution in [0.4, 0.5) is 0 Å². The molecule has 5 nitrogen and oxygen atoms in total. The van der Waals surface area contributed by atoms with Crippen LogP contribution in [0.5, 0.6) is 5.75 Å². The van der Waals surface area contributed by atoms with E-state index in [1.807, 2.05) is 19.1 Å². The van der Waals surface area contributed by atoms with Crippen molar-refractivity contribution in [3.8, 4) is 17.1 Å². The monoisotopic (exact) mass is 356 g/mol. The number of imidazole rings is 1. The van der Waals surface area contributed by atoms with Crippen molar-refractivity contribution in [2.24, 2.45) is 0 Å². The van der Waals surface area contributed by atoms with Crippen molar-refractivity contribution in [1.29, 1.82) is 0 Å². The van der Waals surface area contributed by atoms with Gasteiger partial charge in [0.15, 0.2) is 0 Å². The third-order valence-corrected chi connectivity index (χ3v) is 4.50. The van der Waals surface area contributed by atoms with Crippen LogP contribution in [0.2, 0.25) is 0 Å². The molecule has 0 saturated carbocycles. The molecule has 25 heavy (non-hydrogen) atoms. The summed E-state index contributed by atoms with van der Waals surface area (Å²) in [6, 6.07) is 8.85. The standard InChI is InChI=1S/C19H20N2O3S/c1-3-5-11-6-8-13(16(17(11)25)24-4-2)18-20-14-9-7-12(19(22)23)10-15(14)21-18/h6-10,25H,3-5H2,1-2H3,(H,20,21)(H,22,23). The first-order valence-electron chi connectivity index (χ1n) is 8.26. The number of carboxylic acids is 1. The van der Waals surface area contributed by atoms with E-state index >= 15 is 0 Å². The molecule has 130 valence electrons. The summed E-state index contributed by atoms with van der Waals surface area (Å²) in [5.41, 5.74) is 3.57. The Morgan fingerprint density at radius 1 is 1.28 bits per heavy atom. The number of hydrogen-bond acceptors (Lipinski definition) is 4. The molecule has 0 radical (unpaired) electrons. The van der Waals surface area contributed by atoms with Crippen LogP contribution >= 0.6 is 12.6 Å². The summed E-state index contributed by atoms with van der Waals surface area (Å²) in [6.07, 6.45) is 1.96. The molecule has 0 spiro atoms. The fourth-order valence-electron chi connectivity index (χ4n) is 2.83. The molecule has 0 bridgehead atoms. The molecule has 0 saturated heterocycles. The van der Waals surface area contributed by atoms with Gasteiger partial charge < -0.3 is 14.8 Å². The number of fused-ring (bicyclic) bond motifs is 1. The smallest absolute Gasteiger partial charge is 0.335 e. The van der Waals surface area contributed by atoms with E-state index in [4.69, 9.17) is 9.84 Å². The van der Waals surface area contributed by atoms with Gasteiger partial charge in [0.1, 0.15) is 11.6 Å². The van der Waals surface area contributed by atoms with Crippen LogP contribution in [-0.4, -0.2) is 27.7 Å². The minimum absolute atomic E-state index is 0.223. The number of benzene rings is 2. The SMILES string of the molecule is CCCc1ccc(-c2nc3ccc(C(=O)O)cc3[nH]2)c(OCC)c1S. The van der Waals surface area contributed by atoms with E-state index in [0.717, 1.165) is 28.9 Å². The quantitative estimate of drug-likeness (QED) is 0.566. The first-order valence-corrected chi connectivity index (χ1v) is 8.71. The van der Waals surface area contributed by atoms with Gasteiger partial charge in [-0.05, 0) is 43.2 Å². The van der Waals surface area contributed by atoms with Gasteiger partial charge in [0.2, 0.25) is 0 Å². The second-order valence-corrected chi connectivity index (χ2v) is 6.20. The summed E-state index contributed by atoms with van der Waals surface area (Å²) in [5, 5.41) is 9.14. The lowest BCUT2D eigenvalue weighted by Crippen LogP contribution is -1.99. The number of rotatable bonds is 6. The maximum absolute atomic E-state index is 11.1. The molecule has 0 atom stereocenters. The molecule has 1 aromatic heterocycles. The summed E-state index contributed by atoms with van der Waals surface area (Å²) in [4.78, 5) is 19.7. The van der Waals surface area contributed by atoms with Crippen molar-refractivity contribution in [2.45, 2.75) is 31.6 Å². The van der Waals surface area contributed by atoms with E-state index in [9.17, 15) is 4.79 Å². The number of aromatic carboxylic acids is 1. The van der Waals surface area contributed by atoms with E-state index in [0.29, 0.717) is 29.2 Å². The number of carboxylic acid groups (broad SMARTS) is 1. The van der Waals surface area contributed by atoms with E-state index in [1.165, 1.54) is 0 Å². The number of hydrogen-bond donors (Lipinski definition) is 3. The molecule has 1 heterocycles. The molecule has 0 unspecified atom stereocenters. The number of ether oxygens (including phenoxy) is 1. The molecule has 3 rings (SSSR count). The van der Waals surface area contributed by atoms with Gasteiger partial charge in [-0.2, -0.15) is 0 Å². The highest BCUT2D eigenvalue weighted by molar-refractivity contribution is 7.80. The molecular formula is C19H20N2O3S. The summed E-state index contributed by atoms with van der Waals surface area (Å²) in [6.45, 7) is 4.58. The number of thiol groups is 1. The highest BCUT2D eigenvalue weighted by Crippen LogP contribution is 2.37. The van der Waals surface area contributed by atoms with Crippen LogP contribution in [0.25, 0.3) is 22.4 Å². The average molecular weight is 356 g/mol. The van der Waals surface area contributed by atoms with Gasteiger partial charge in [-0.25, -0.2) is 9.78 Å². The first kappa shape index (κ1) is 17.4. The van der Waals surface area contributed by atoms with Crippen LogP contribution in [0, 0.1) is 0 Å². The zero-order valence-electron chi connectivity index (χ0n) is 14.2. The van der Waals surface area contributed by atoms with Crippen LogP contribution in [0.15, 0.2) is 35.2 Å². The van der Waals surface area contributed by atoms with Gasteiger partial charge in [-0.15, -0.1) is 12.6 Å². The highest BCUT2D eigenvalue weighted by atomic mass is 32.1. The van der Waals surface area contributed by atoms with Crippen molar-refractivity contribution >= 4 is 29.6 Å². The molecule has 0 aliphatic carbocycles. The first-order chi connectivity index (χ1) is 12.0. The Balaban J connectivity index is 2.13. The third kappa shape index (κ3) is 3.35. The molecule has 3 aromatic rings. The highest BCUT2D eigenvalue weighted by Gasteiger charge is 2.17.